The summed E-state index contributed by atoms with van der Waals surface area (Å²) in [6, 6.07) is 12.1. The molecule has 0 spiro atoms. The van der Waals surface area contributed by atoms with Crippen LogP contribution >= 0.6 is 0 Å². The number of nitrogens with zero attached hydrogens (tertiary/aromatic N) is 1. The largest absolute Gasteiger partial charge is 0.496 e. The maximum atomic E-state index is 12.1. The monoisotopic (exact) mass is 355 g/mol. The van der Waals surface area contributed by atoms with Gasteiger partial charge >= 0.3 is 0 Å². The van der Waals surface area contributed by atoms with Crippen LogP contribution < -0.4 is 25.0 Å². The third-order valence-corrected chi connectivity index (χ3v) is 3.58. The quantitative estimate of drug-likeness (QED) is 0.601. The van der Waals surface area contributed by atoms with Gasteiger partial charge in [-0.15, -0.1) is 0 Å². The lowest BCUT2D eigenvalue weighted by atomic mass is 10.2. The lowest BCUT2D eigenvalue weighted by molar-refractivity contribution is -0.120. The van der Waals surface area contributed by atoms with Gasteiger partial charge in [0.25, 0.3) is 11.8 Å². The topological polar surface area (TPSA) is 98.2 Å². The first-order valence-electron chi connectivity index (χ1n) is 7.80. The maximum absolute atomic E-state index is 12.1. The highest BCUT2D eigenvalue weighted by Crippen LogP contribution is 2.32. The molecule has 26 heavy (non-hydrogen) atoms. The lowest BCUT2D eigenvalue weighted by Crippen LogP contribution is -2.34. The average Bonchev–Trinajstić information content (AvgIpc) is 3.14. The van der Waals surface area contributed by atoms with Crippen LogP contribution in [-0.4, -0.2) is 38.5 Å². The summed E-state index contributed by atoms with van der Waals surface area (Å²) in [5, 5.41) is 6.37. The molecule has 1 aliphatic rings. The molecule has 8 nitrogen and oxygen atoms in total. The molecule has 0 radical (unpaired) electrons. The molecule has 0 saturated carbocycles. The molecule has 0 aromatic heterocycles. The Labute approximate surface area is 149 Å². The zero-order valence-corrected chi connectivity index (χ0v) is 14.0. The summed E-state index contributed by atoms with van der Waals surface area (Å²) in [6.45, 7) is -0.0798. The molecule has 0 saturated heterocycles. The zero-order valence-electron chi connectivity index (χ0n) is 14.0. The number of nitrogens with one attached hydrogen (secondary N) is 2. The van der Waals surface area contributed by atoms with E-state index < -0.39 is 11.8 Å². The molecular weight excluding hydrogens is 338 g/mol. The van der Waals surface area contributed by atoms with Crippen LogP contribution in [0.1, 0.15) is 15.9 Å². The van der Waals surface area contributed by atoms with Gasteiger partial charge in [-0.3, -0.25) is 9.59 Å². The Morgan fingerprint density at radius 2 is 2.00 bits per heavy atom. The molecule has 1 heterocycles. The number of para-hydroxylation sites is 1. The third-order valence-electron chi connectivity index (χ3n) is 3.58. The first kappa shape index (κ1) is 17.3. The van der Waals surface area contributed by atoms with Crippen molar-refractivity contribution in [3.05, 3.63) is 53.6 Å². The summed E-state index contributed by atoms with van der Waals surface area (Å²) in [7, 11) is 1.55. The van der Waals surface area contributed by atoms with Crippen molar-refractivity contribution < 1.29 is 23.8 Å². The second-order valence-electron chi connectivity index (χ2n) is 5.29. The molecule has 2 N–H and O–H groups in total. The van der Waals surface area contributed by atoms with Crippen LogP contribution in [0.2, 0.25) is 0 Å². The maximum Gasteiger partial charge on any atom is 0.259 e. The van der Waals surface area contributed by atoms with Crippen molar-refractivity contribution in [1.82, 2.24) is 10.7 Å². The molecule has 1 aliphatic heterocycles. The van der Waals surface area contributed by atoms with Gasteiger partial charge in [0.05, 0.1) is 19.9 Å². The van der Waals surface area contributed by atoms with Gasteiger partial charge in [0.15, 0.2) is 11.5 Å². The minimum absolute atomic E-state index is 0.132. The van der Waals surface area contributed by atoms with Crippen LogP contribution in [0.25, 0.3) is 0 Å². The van der Waals surface area contributed by atoms with Gasteiger partial charge in [-0.1, -0.05) is 12.1 Å². The van der Waals surface area contributed by atoms with Crippen molar-refractivity contribution >= 4 is 18.0 Å². The van der Waals surface area contributed by atoms with Gasteiger partial charge in [-0.25, -0.2) is 5.43 Å². The number of hydrogen-bond acceptors (Lipinski definition) is 6. The van der Waals surface area contributed by atoms with Gasteiger partial charge in [0, 0.05) is 11.1 Å². The Morgan fingerprint density at radius 3 is 2.85 bits per heavy atom. The van der Waals surface area contributed by atoms with E-state index in [1.807, 2.05) is 12.1 Å². The number of carbonyl (C=O) groups excluding carboxylic acids is 2. The van der Waals surface area contributed by atoms with E-state index >= 15 is 0 Å². The van der Waals surface area contributed by atoms with E-state index in [1.54, 1.807) is 37.4 Å². The van der Waals surface area contributed by atoms with Crippen molar-refractivity contribution in [3.63, 3.8) is 0 Å². The second kappa shape index (κ2) is 8.02. The minimum atomic E-state index is -0.453. The summed E-state index contributed by atoms with van der Waals surface area (Å²) in [4.78, 5) is 23.9. The highest BCUT2D eigenvalue weighted by Gasteiger charge is 2.16. The van der Waals surface area contributed by atoms with E-state index in [1.165, 1.54) is 6.21 Å². The summed E-state index contributed by atoms with van der Waals surface area (Å²) >= 11 is 0. The molecule has 0 fully saturated rings. The number of rotatable bonds is 6. The Hall–Kier alpha value is -3.55. The minimum Gasteiger partial charge on any atom is -0.496 e. The number of hydrogen-bond donors (Lipinski definition) is 2. The normalized spacial score (nSPS) is 12.0. The first-order chi connectivity index (χ1) is 12.7. The number of methoxy groups -OCH3 is 1. The standard InChI is InChI=1S/C18H17N3O5/c1-24-14-5-3-2-4-13(14)9-20-21-17(22)10-19-18(23)12-6-7-15-16(8-12)26-11-25-15/h2-9H,10-11H2,1H3,(H,19,23)(H,21,22)/b20-9+. The fraction of sp³-hybridized carbons (Fsp3) is 0.167. The van der Waals surface area contributed by atoms with E-state index in [2.05, 4.69) is 15.8 Å². The van der Waals surface area contributed by atoms with Crippen LogP contribution in [0, 0.1) is 0 Å². The number of ether oxygens (including phenoxy) is 3. The number of hydrazone groups is 1. The molecule has 134 valence electrons. The first-order valence-corrected chi connectivity index (χ1v) is 7.80. The molecule has 8 heteroatoms. The number of benzene rings is 2. The van der Waals surface area contributed by atoms with Crippen molar-refractivity contribution in [2.24, 2.45) is 5.10 Å². The fourth-order valence-electron chi connectivity index (χ4n) is 2.29. The van der Waals surface area contributed by atoms with Gasteiger partial charge in [-0.05, 0) is 30.3 Å². The van der Waals surface area contributed by atoms with Gasteiger partial charge < -0.3 is 19.5 Å². The van der Waals surface area contributed by atoms with Gasteiger partial charge in [0.2, 0.25) is 6.79 Å². The molecular formula is C18H17N3O5. The summed E-state index contributed by atoms with van der Waals surface area (Å²) < 4.78 is 15.6. The summed E-state index contributed by atoms with van der Waals surface area (Å²) in [5.74, 6) is 0.882. The predicted octanol–water partition coefficient (Wildman–Crippen LogP) is 1.30. The highest BCUT2D eigenvalue weighted by molar-refractivity contribution is 5.97. The molecule has 0 aliphatic carbocycles. The molecule has 2 aromatic rings. The van der Waals surface area contributed by atoms with Crippen LogP contribution in [0.15, 0.2) is 47.6 Å². The van der Waals surface area contributed by atoms with E-state index in [9.17, 15) is 9.59 Å². The average molecular weight is 355 g/mol. The van der Waals surface area contributed by atoms with Crippen LogP contribution in [0.4, 0.5) is 0 Å². The summed E-state index contributed by atoms with van der Waals surface area (Å²) in [5.41, 5.74) is 3.44. The zero-order chi connectivity index (χ0) is 18.4. The van der Waals surface area contributed by atoms with Crippen molar-refractivity contribution in [2.75, 3.05) is 20.4 Å². The molecule has 3 rings (SSSR count). The molecule has 0 atom stereocenters. The van der Waals surface area contributed by atoms with Crippen molar-refractivity contribution in [2.45, 2.75) is 0 Å². The Balaban J connectivity index is 1.49. The number of fused-ring (bicyclic) bond motifs is 1. The van der Waals surface area contributed by atoms with Crippen molar-refractivity contribution in [1.29, 1.82) is 0 Å². The summed E-state index contributed by atoms with van der Waals surface area (Å²) in [6.07, 6.45) is 1.47. The Bertz CT molecular complexity index is 850. The lowest BCUT2D eigenvalue weighted by Gasteiger charge is -2.05. The Kier molecular flexibility index (Phi) is 5.33. The van der Waals surface area contributed by atoms with Gasteiger partial charge in [-0.2, -0.15) is 5.10 Å². The highest BCUT2D eigenvalue weighted by atomic mass is 16.7. The molecule has 0 unspecified atom stereocenters. The van der Waals surface area contributed by atoms with E-state index in [0.717, 1.165) is 5.56 Å². The molecule has 0 bridgehead atoms. The van der Waals surface area contributed by atoms with Crippen LogP contribution in [0.3, 0.4) is 0 Å². The predicted molar refractivity (Wildman–Crippen MR) is 93.6 cm³/mol. The Morgan fingerprint density at radius 1 is 1.19 bits per heavy atom. The van der Waals surface area contributed by atoms with E-state index in [4.69, 9.17) is 14.2 Å². The number of amides is 2. The van der Waals surface area contributed by atoms with E-state index in [-0.39, 0.29) is 13.3 Å². The fourth-order valence-corrected chi connectivity index (χ4v) is 2.29. The number of carbonyl (C=O) groups is 2. The molecule has 2 aromatic carbocycles. The van der Waals surface area contributed by atoms with Gasteiger partial charge in [0.1, 0.15) is 5.75 Å². The third kappa shape index (κ3) is 4.10. The molecule has 2 amide bonds. The van der Waals surface area contributed by atoms with Crippen LogP contribution in [-0.2, 0) is 4.79 Å². The smallest absolute Gasteiger partial charge is 0.259 e. The van der Waals surface area contributed by atoms with Crippen LogP contribution in [0.5, 0.6) is 17.2 Å². The van der Waals surface area contributed by atoms with E-state index in [0.29, 0.717) is 22.8 Å². The van der Waals surface area contributed by atoms with Crippen molar-refractivity contribution in [3.8, 4) is 17.2 Å². The second-order valence-corrected chi connectivity index (χ2v) is 5.29. The SMILES string of the molecule is COc1ccccc1/C=N/NC(=O)CNC(=O)c1ccc2c(c1)OCO2.